The molecule has 0 bridgehead atoms. The molecule has 0 aliphatic heterocycles. The molecule has 2 rings (SSSR count). The van der Waals surface area contributed by atoms with Gasteiger partial charge in [0.05, 0.1) is 6.10 Å². The zero-order valence-electron chi connectivity index (χ0n) is 13.1. The number of hydrogen-bond acceptors (Lipinski definition) is 3. The van der Waals surface area contributed by atoms with E-state index in [0.717, 1.165) is 25.1 Å². The molecule has 0 radical (unpaired) electrons. The molecule has 0 aliphatic carbocycles. The molecule has 0 spiro atoms. The van der Waals surface area contributed by atoms with Crippen molar-refractivity contribution in [1.82, 2.24) is 10.3 Å². The van der Waals surface area contributed by atoms with E-state index >= 15 is 0 Å². The van der Waals surface area contributed by atoms with Crippen molar-refractivity contribution in [3.63, 3.8) is 0 Å². The van der Waals surface area contributed by atoms with Gasteiger partial charge in [-0.2, -0.15) is 0 Å². The van der Waals surface area contributed by atoms with Gasteiger partial charge < -0.3 is 10.1 Å². The SMILES string of the molecule is C[C@@H](NCCCO[C@H](C)c1ccccc1)c1ccnc(Cl)c1. The van der Waals surface area contributed by atoms with Gasteiger partial charge in [-0.25, -0.2) is 4.98 Å². The molecule has 0 fully saturated rings. The second-order valence-corrected chi connectivity index (χ2v) is 5.75. The third-order valence-electron chi connectivity index (χ3n) is 3.66. The van der Waals surface area contributed by atoms with Gasteiger partial charge in [-0.1, -0.05) is 41.9 Å². The highest BCUT2D eigenvalue weighted by molar-refractivity contribution is 6.29. The van der Waals surface area contributed by atoms with Crippen LogP contribution in [0.4, 0.5) is 0 Å². The first-order valence-corrected chi connectivity index (χ1v) is 8.06. The number of pyridine rings is 1. The minimum absolute atomic E-state index is 0.137. The summed E-state index contributed by atoms with van der Waals surface area (Å²) in [6, 6.07) is 14.4. The van der Waals surface area contributed by atoms with Crippen molar-refractivity contribution in [3.05, 3.63) is 64.9 Å². The lowest BCUT2D eigenvalue weighted by atomic mass is 10.1. The van der Waals surface area contributed by atoms with E-state index in [4.69, 9.17) is 16.3 Å². The lowest BCUT2D eigenvalue weighted by Gasteiger charge is -2.16. The zero-order valence-corrected chi connectivity index (χ0v) is 13.9. The predicted molar refractivity (Wildman–Crippen MR) is 91.1 cm³/mol. The normalized spacial score (nSPS) is 13.8. The summed E-state index contributed by atoms with van der Waals surface area (Å²) in [5.41, 5.74) is 2.37. The van der Waals surface area contributed by atoms with Crippen molar-refractivity contribution in [2.24, 2.45) is 0 Å². The second kappa shape index (κ2) is 8.89. The van der Waals surface area contributed by atoms with E-state index in [1.807, 2.05) is 30.3 Å². The third-order valence-corrected chi connectivity index (χ3v) is 3.87. The number of nitrogens with one attached hydrogen (secondary N) is 1. The Labute approximate surface area is 137 Å². The number of ether oxygens (including phenoxy) is 1. The van der Waals surface area contributed by atoms with Gasteiger partial charge in [0.2, 0.25) is 0 Å². The highest BCUT2D eigenvalue weighted by Crippen LogP contribution is 2.17. The van der Waals surface area contributed by atoms with E-state index in [1.165, 1.54) is 5.56 Å². The van der Waals surface area contributed by atoms with Gasteiger partial charge in [-0.3, -0.25) is 0 Å². The van der Waals surface area contributed by atoms with E-state index in [1.54, 1.807) is 6.20 Å². The topological polar surface area (TPSA) is 34.1 Å². The molecular formula is C18H23ClN2O. The molecule has 2 aromatic rings. The Morgan fingerprint density at radius 1 is 1.14 bits per heavy atom. The minimum Gasteiger partial charge on any atom is -0.374 e. The van der Waals surface area contributed by atoms with Crippen LogP contribution in [0, 0.1) is 0 Å². The van der Waals surface area contributed by atoms with Gasteiger partial charge in [0, 0.05) is 18.8 Å². The molecule has 0 saturated heterocycles. The summed E-state index contributed by atoms with van der Waals surface area (Å²) >= 11 is 5.91. The van der Waals surface area contributed by atoms with Crippen LogP contribution in [0.5, 0.6) is 0 Å². The smallest absolute Gasteiger partial charge is 0.129 e. The number of nitrogens with zero attached hydrogens (tertiary/aromatic N) is 1. The van der Waals surface area contributed by atoms with Gasteiger partial charge in [0.15, 0.2) is 0 Å². The molecule has 22 heavy (non-hydrogen) atoms. The molecule has 3 nitrogen and oxygen atoms in total. The van der Waals surface area contributed by atoms with Crippen molar-refractivity contribution in [3.8, 4) is 0 Å². The fraction of sp³-hybridized carbons (Fsp3) is 0.389. The van der Waals surface area contributed by atoms with Crippen LogP contribution >= 0.6 is 11.6 Å². The van der Waals surface area contributed by atoms with Crippen LogP contribution in [-0.4, -0.2) is 18.1 Å². The number of hydrogen-bond donors (Lipinski definition) is 1. The number of aromatic nitrogens is 1. The highest BCUT2D eigenvalue weighted by Gasteiger charge is 2.06. The maximum absolute atomic E-state index is 5.91. The first kappa shape index (κ1) is 16.9. The molecule has 118 valence electrons. The number of benzene rings is 1. The molecule has 0 unspecified atom stereocenters. The van der Waals surface area contributed by atoms with Crippen LogP contribution in [0.3, 0.4) is 0 Å². The summed E-state index contributed by atoms with van der Waals surface area (Å²) in [4.78, 5) is 4.00. The molecule has 1 N–H and O–H groups in total. The molecule has 1 aromatic carbocycles. The number of rotatable bonds is 8. The first-order chi connectivity index (χ1) is 10.7. The van der Waals surface area contributed by atoms with Crippen LogP contribution < -0.4 is 5.32 Å². The van der Waals surface area contributed by atoms with Gasteiger partial charge in [0.25, 0.3) is 0 Å². The largest absolute Gasteiger partial charge is 0.374 e. The molecule has 0 amide bonds. The Bertz CT molecular complexity index is 562. The van der Waals surface area contributed by atoms with Gasteiger partial charge >= 0.3 is 0 Å². The first-order valence-electron chi connectivity index (χ1n) is 7.68. The quantitative estimate of drug-likeness (QED) is 0.572. The average Bonchev–Trinajstić information content (AvgIpc) is 2.55. The Morgan fingerprint density at radius 3 is 2.64 bits per heavy atom. The maximum Gasteiger partial charge on any atom is 0.129 e. The summed E-state index contributed by atoms with van der Waals surface area (Å²) < 4.78 is 5.86. The summed E-state index contributed by atoms with van der Waals surface area (Å²) in [7, 11) is 0. The Morgan fingerprint density at radius 2 is 1.91 bits per heavy atom. The van der Waals surface area contributed by atoms with Gasteiger partial charge in [0.1, 0.15) is 5.15 Å². The fourth-order valence-electron chi connectivity index (χ4n) is 2.28. The van der Waals surface area contributed by atoms with E-state index in [9.17, 15) is 0 Å². The molecule has 1 aromatic heterocycles. The Kier molecular flexibility index (Phi) is 6.84. The van der Waals surface area contributed by atoms with Crippen molar-refractivity contribution >= 4 is 11.6 Å². The van der Waals surface area contributed by atoms with E-state index in [-0.39, 0.29) is 12.1 Å². The van der Waals surface area contributed by atoms with E-state index in [2.05, 4.69) is 36.3 Å². The third kappa shape index (κ3) is 5.41. The maximum atomic E-state index is 5.91. The van der Waals surface area contributed by atoms with Crippen LogP contribution in [0.15, 0.2) is 48.7 Å². The van der Waals surface area contributed by atoms with Crippen molar-refractivity contribution in [2.75, 3.05) is 13.2 Å². The van der Waals surface area contributed by atoms with Crippen LogP contribution in [0.2, 0.25) is 5.15 Å². The van der Waals surface area contributed by atoms with Crippen molar-refractivity contribution < 1.29 is 4.74 Å². The average molecular weight is 319 g/mol. The summed E-state index contributed by atoms with van der Waals surface area (Å²) in [6.07, 6.45) is 2.85. The lowest BCUT2D eigenvalue weighted by Crippen LogP contribution is -2.21. The predicted octanol–water partition coefficient (Wildman–Crippen LogP) is 4.55. The molecule has 2 atom stereocenters. The second-order valence-electron chi connectivity index (χ2n) is 5.36. The van der Waals surface area contributed by atoms with Crippen LogP contribution in [-0.2, 0) is 4.74 Å². The Balaban J connectivity index is 1.65. The molecular weight excluding hydrogens is 296 g/mol. The molecule has 1 heterocycles. The van der Waals surface area contributed by atoms with E-state index < -0.39 is 0 Å². The fourth-order valence-corrected chi connectivity index (χ4v) is 2.46. The highest BCUT2D eigenvalue weighted by atomic mass is 35.5. The number of halogens is 1. The summed E-state index contributed by atoms with van der Waals surface area (Å²) in [6.45, 7) is 5.86. The van der Waals surface area contributed by atoms with Crippen molar-refractivity contribution in [1.29, 1.82) is 0 Å². The van der Waals surface area contributed by atoms with Gasteiger partial charge in [-0.15, -0.1) is 0 Å². The summed E-state index contributed by atoms with van der Waals surface area (Å²) in [5, 5.41) is 4.01. The monoisotopic (exact) mass is 318 g/mol. The Hall–Kier alpha value is -1.42. The summed E-state index contributed by atoms with van der Waals surface area (Å²) in [5.74, 6) is 0. The standard InChI is InChI=1S/C18H23ClN2O/c1-14(17-9-11-21-18(19)13-17)20-10-6-12-22-15(2)16-7-4-3-5-8-16/h3-5,7-9,11,13-15,20H,6,10,12H2,1-2H3/t14-,15-/m1/s1. The molecule has 0 aliphatic rings. The van der Waals surface area contributed by atoms with Crippen LogP contribution in [0.1, 0.15) is 43.5 Å². The zero-order chi connectivity index (χ0) is 15.8. The minimum atomic E-state index is 0.137. The van der Waals surface area contributed by atoms with Gasteiger partial charge in [-0.05, 0) is 50.1 Å². The molecule has 0 saturated carbocycles. The van der Waals surface area contributed by atoms with Crippen LogP contribution in [0.25, 0.3) is 0 Å². The lowest BCUT2D eigenvalue weighted by molar-refractivity contribution is 0.0638. The van der Waals surface area contributed by atoms with Crippen molar-refractivity contribution in [2.45, 2.75) is 32.4 Å². The van der Waals surface area contributed by atoms with E-state index in [0.29, 0.717) is 5.15 Å². The molecule has 4 heteroatoms.